The van der Waals surface area contributed by atoms with Crippen LogP contribution in [-0.4, -0.2) is 45.8 Å². The van der Waals surface area contributed by atoms with Gasteiger partial charge in [0, 0.05) is 36.3 Å². The summed E-state index contributed by atoms with van der Waals surface area (Å²) in [5, 5.41) is 29.7. The second kappa shape index (κ2) is 15.8. The van der Waals surface area contributed by atoms with Gasteiger partial charge in [0.25, 0.3) is 5.91 Å². The average Bonchev–Trinajstić information content (AvgIpc) is 3.47. The Kier molecular flexibility index (Phi) is 12.7. The first-order chi connectivity index (χ1) is 17.1. The minimum Gasteiger partial charge on any atom is -0.516 e. The van der Waals surface area contributed by atoms with Crippen LogP contribution in [0.25, 0.3) is 17.0 Å². The number of nitrogens with one attached hydrogen (secondary N) is 4. The van der Waals surface area contributed by atoms with E-state index in [1.807, 2.05) is 36.0 Å². The number of aromatic amines is 1. The molecule has 9 heteroatoms. The highest BCUT2D eigenvalue weighted by molar-refractivity contribution is 7.99. The molecule has 0 aliphatic carbocycles. The third-order valence-electron chi connectivity index (χ3n) is 5.12. The van der Waals surface area contributed by atoms with Gasteiger partial charge in [-0.05, 0) is 60.7 Å². The fourth-order valence-electron chi connectivity index (χ4n) is 3.48. The summed E-state index contributed by atoms with van der Waals surface area (Å²) < 4.78 is 0. The van der Waals surface area contributed by atoms with Gasteiger partial charge in [-0.1, -0.05) is 42.5 Å². The zero-order chi connectivity index (χ0) is 25.5. The van der Waals surface area contributed by atoms with E-state index in [2.05, 4.69) is 28.5 Å². The van der Waals surface area contributed by atoms with E-state index >= 15 is 0 Å². The van der Waals surface area contributed by atoms with Crippen molar-refractivity contribution in [2.45, 2.75) is 31.3 Å². The molecule has 7 N–H and O–H groups in total. The Morgan fingerprint density at radius 2 is 1.83 bits per heavy atom. The van der Waals surface area contributed by atoms with Crippen LogP contribution in [0.15, 0.2) is 65.9 Å². The number of amides is 1. The molecule has 188 valence electrons. The second-order valence-electron chi connectivity index (χ2n) is 7.59. The summed E-state index contributed by atoms with van der Waals surface area (Å²) in [4.78, 5) is 14.5. The van der Waals surface area contributed by atoms with Crippen molar-refractivity contribution in [3.63, 3.8) is 0 Å². The Balaban J connectivity index is 0.000000551. The quantitative estimate of drug-likeness (QED) is 0.0848. The number of benzene rings is 2. The summed E-state index contributed by atoms with van der Waals surface area (Å²) in [6, 6.07) is 14.8. The minimum atomic E-state index is -0.536. The van der Waals surface area contributed by atoms with Gasteiger partial charge >= 0.3 is 0 Å². The van der Waals surface area contributed by atoms with Crippen molar-refractivity contribution in [2.75, 3.05) is 19.3 Å². The van der Waals surface area contributed by atoms with E-state index in [0.717, 1.165) is 31.3 Å². The maximum Gasteiger partial charge on any atom is 0.267 e. The van der Waals surface area contributed by atoms with Crippen LogP contribution in [0.3, 0.4) is 0 Å². The van der Waals surface area contributed by atoms with Crippen LogP contribution in [0, 0.1) is 0 Å². The molecule has 0 radical (unpaired) electrons. The molecule has 1 aliphatic rings. The number of H-pyrrole nitrogens is 1. The van der Waals surface area contributed by atoms with Gasteiger partial charge in [0.05, 0.1) is 11.3 Å². The summed E-state index contributed by atoms with van der Waals surface area (Å²) in [7, 11) is 1.43. The first kappa shape index (κ1) is 28.2. The molecule has 3 aromatic rings. The van der Waals surface area contributed by atoms with E-state index in [1.54, 1.807) is 30.0 Å². The molecular formula is C26H34N4O4S. The zero-order valence-corrected chi connectivity index (χ0v) is 20.9. The van der Waals surface area contributed by atoms with E-state index < -0.39 is 5.91 Å². The lowest BCUT2D eigenvalue weighted by Gasteiger charge is -2.06. The van der Waals surface area contributed by atoms with Gasteiger partial charge in [0.1, 0.15) is 0 Å². The van der Waals surface area contributed by atoms with E-state index in [-0.39, 0.29) is 0 Å². The number of fused-ring (bicyclic) bond motifs is 3. The molecule has 35 heavy (non-hydrogen) atoms. The predicted octanol–water partition coefficient (Wildman–Crippen LogP) is 4.34. The number of rotatable bonds is 7. The van der Waals surface area contributed by atoms with Gasteiger partial charge in [0.15, 0.2) is 0 Å². The van der Waals surface area contributed by atoms with Crippen molar-refractivity contribution >= 4 is 34.6 Å². The fourth-order valence-corrected chi connectivity index (χ4v) is 4.56. The van der Waals surface area contributed by atoms with Crippen LogP contribution >= 0.6 is 11.8 Å². The van der Waals surface area contributed by atoms with Crippen LogP contribution in [0.4, 0.5) is 0 Å². The number of aryl methyl sites for hydroxylation is 1. The molecule has 1 aromatic heterocycles. The molecule has 1 amide bonds. The largest absolute Gasteiger partial charge is 0.516 e. The molecule has 0 spiro atoms. The van der Waals surface area contributed by atoms with Crippen LogP contribution in [0.1, 0.15) is 29.2 Å². The van der Waals surface area contributed by atoms with E-state index in [1.165, 1.54) is 57.9 Å². The number of carbonyl (C=O) groups is 1. The molecule has 2 heterocycles. The highest BCUT2D eigenvalue weighted by Gasteiger charge is 2.17. The van der Waals surface area contributed by atoms with Crippen LogP contribution in [0.5, 0.6) is 0 Å². The Morgan fingerprint density at radius 3 is 2.49 bits per heavy atom. The van der Waals surface area contributed by atoms with Crippen molar-refractivity contribution in [2.24, 2.45) is 0 Å². The molecule has 1 aliphatic heterocycles. The molecule has 4 rings (SSSR count). The lowest BCUT2D eigenvalue weighted by Crippen LogP contribution is -2.16. The fraction of sp³-hybridized carbons (Fsp3) is 0.269. The number of hydrogen-bond acceptors (Lipinski definition) is 7. The van der Waals surface area contributed by atoms with Crippen molar-refractivity contribution in [3.05, 3.63) is 83.1 Å². The van der Waals surface area contributed by atoms with Gasteiger partial charge in [-0.2, -0.15) is 0 Å². The molecule has 0 saturated heterocycles. The molecule has 2 aromatic carbocycles. The Morgan fingerprint density at radius 1 is 1.14 bits per heavy atom. The summed E-state index contributed by atoms with van der Waals surface area (Å²) in [5.41, 5.74) is 9.51. The van der Waals surface area contributed by atoms with E-state index in [0.29, 0.717) is 0 Å². The Hall–Kier alpha value is -3.08. The summed E-state index contributed by atoms with van der Waals surface area (Å²) in [6.07, 6.45) is 7.67. The Labute approximate surface area is 210 Å². The molecule has 8 nitrogen and oxygen atoms in total. The highest BCUT2D eigenvalue weighted by atomic mass is 32.2. The van der Waals surface area contributed by atoms with Crippen molar-refractivity contribution in [1.82, 2.24) is 21.3 Å². The number of aliphatic hydroxyl groups excluding tert-OH is 1. The molecule has 0 fully saturated rings. The summed E-state index contributed by atoms with van der Waals surface area (Å²) in [5.74, 6) is 0.657. The monoisotopic (exact) mass is 498 g/mol. The highest BCUT2D eigenvalue weighted by Crippen LogP contribution is 2.36. The standard InChI is InChI=1S/C22H23N3O2S.C3H6O.CH5NO/c26-21(25-27)8-6-15-1-3-17(4-2-15)14-23-11-9-16-5-7-18-19-10-12-28-22(19)24-20(18)13-16;1-2-3-4;1-2-3/h1-8,13,23-24,27H,9-12,14H2,(H,25,26);2-4H,1H3;2-3H,1H3/b8-6+;3-2-;. The van der Waals surface area contributed by atoms with Crippen LogP contribution in [0.2, 0.25) is 0 Å². The van der Waals surface area contributed by atoms with Gasteiger partial charge in [-0.3, -0.25) is 10.0 Å². The van der Waals surface area contributed by atoms with E-state index in [4.69, 9.17) is 15.5 Å². The zero-order valence-electron chi connectivity index (χ0n) is 20.0. The van der Waals surface area contributed by atoms with Crippen LogP contribution in [-0.2, 0) is 24.2 Å². The van der Waals surface area contributed by atoms with Gasteiger partial charge in [0.2, 0.25) is 0 Å². The van der Waals surface area contributed by atoms with Crippen molar-refractivity contribution in [3.8, 4) is 0 Å². The number of thioether (sulfide) groups is 1. The first-order valence-corrected chi connectivity index (χ1v) is 12.3. The molecular weight excluding hydrogens is 464 g/mol. The lowest BCUT2D eigenvalue weighted by atomic mass is 10.1. The SMILES string of the molecule is C/C=C\O.CNO.O=C(/C=C/c1ccc(CNCCc2ccc3c4c([nH]c3c2)SCC4)cc1)NO. The average molecular weight is 499 g/mol. The third-order valence-corrected chi connectivity index (χ3v) is 6.16. The van der Waals surface area contributed by atoms with Gasteiger partial charge < -0.3 is 20.6 Å². The third kappa shape index (κ3) is 9.23. The Bertz CT molecular complexity index is 1110. The van der Waals surface area contributed by atoms with Gasteiger partial charge in [-0.15, -0.1) is 11.8 Å². The second-order valence-corrected chi connectivity index (χ2v) is 8.70. The number of aliphatic hydroxyl groups is 1. The lowest BCUT2D eigenvalue weighted by molar-refractivity contribution is -0.124. The number of allylic oxidation sites excluding steroid dienone is 1. The summed E-state index contributed by atoms with van der Waals surface area (Å²) in [6.45, 7) is 3.47. The summed E-state index contributed by atoms with van der Waals surface area (Å²) >= 11 is 1.92. The van der Waals surface area contributed by atoms with E-state index in [9.17, 15) is 4.79 Å². The van der Waals surface area contributed by atoms with Crippen LogP contribution < -0.4 is 16.3 Å². The van der Waals surface area contributed by atoms with Gasteiger partial charge in [-0.25, -0.2) is 11.0 Å². The minimum absolute atomic E-state index is 0.536. The number of hydrogen-bond donors (Lipinski definition) is 7. The smallest absolute Gasteiger partial charge is 0.267 e. The number of hydroxylamine groups is 2. The molecule has 0 bridgehead atoms. The maximum absolute atomic E-state index is 11.0. The predicted molar refractivity (Wildman–Crippen MR) is 142 cm³/mol. The number of carbonyl (C=O) groups excluding carboxylic acids is 1. The topological polar surface area (TPSA) is 130 Å². The molecule has 0 atom stereocenters. The molecule has 0 unspecified atom stereocenters. The number of aromatic nitrogens is 1. The maximum atomic E-state index is 11.0. The van der Waals surface area contributed by atoms with Crippen molar-refractivity contribution < 1.29 is 20.3 Å². The first-order valence-electron chi connectivity index (χ1n) is 11.3. The molecule has 0 saturated carbocycles. The normalized spacial score (nSPS) is 12.2. The van der Waals surface area contributed by atoms with Crippen molar-refractivity contribution in [1.29, 1.82) is 0 Å².